The standard InChI is InChI=1S/C25H23FN2O2S/c1-3-17-8-10-18(11-9-17)24(30)27-20-6-4-5-19(13-20)25-28(23(29)15-31-25)21-12-7-16(2)22(26)14-21/h4-14,25H,3,15H2,1-2H3,(H,27,30)/t25-/m0/s1. The van der Waals surface area contributed by atoms with Gasteiger partial charge in [-0.3, -0.25) is 14.5 Å². The Hall–Kier alpha value is -3.12. The zero-order chi connectivity index (χ0) is 22.0. The average molecular weight is 435 g/mol. The summed E-state index contributed by atoms with van der Waals surface area (Å²) in [7, 11) is 0. The number of halogens is 1. The molecule has 0 bridgehead atoms. The number of anilines is 2. The summed E-state index contributed by atoms with van der Waals surface area (Å²) < 4.78 is 14.1. The fourth-order valence-corrected chi connectivity index (χ4v) is 4.71. The number of hydrogen-bond acceptors (Lipinski definition) is 3. The van der Waals surface area contributed by atoms with Crippen molar-refractivity contribution >= 4 is 35.0 Å². The highest BCUT2D eigenvalue weighted by molar-refractivity contribution is 8.00. The lowest BCUT2D eigenvalue weighted by molar-refractivity contribution is -0.115. The van der Waals surface area contributed by atoms with Crippen molar-refractivity contribution in [3.63, 3.8) is 0 Å². The van der Waals surface area contributed by atoms with Crippen LogP contribution in [0.3, 0.4) is 0 Å². The Morgan fingerprint density at radius 1 is 1.13 bits per heavy atom. The van der Waals surface area contributed by atoms with Crippen molar-refractivity contribution in [3.05, 3.63) is 94.8 Å². The van der Waals surface area contributed by atoms with E-state index in [-0.39, 0.29) is 23.0 Å². The zero-order valence-corrected chi connectivity index (χ0v) is 18.2. The second-order valence-electron chi connectivity index (χ2n) is 7.49. The Morgan fingerprint density at radius 2 is 1.90 bits per heavy atom. The fourth-order valence-electron chi connectivity index (χ4n) is 3.55. The van der Waals surface area contributed by atoms with Gasteiger partial charge in [-0.1, -0.05) is 37.3 Å². The minimum Gasteiger partial charge on any atom is -0.322 e. The lowest BCUT2D eigenvalue weighted by Gasteiger charge is -2.25. The van der Waals surface area contributed by atoms with Crippen molar-refractivity contribution in [3.8, 4) is 0 Å². The minimum absolute atomic E-state index is 0.0660. The molecule has 1 heterocycles. The number of hydrogen-bond donors (Lipinski definition) is 1. The van der Waals surface area contributed by atoms with Gasteiger partial charge in [0.05, 0.1) is 5.75 Å². The molecular formula is C25H23FN2O2S. The number of amides is 2. The molecule has 2 amide bonds. The minimum atomic E-state index is -0.337. The molecule has 0 aromatic heterocycles. The van der Waals surface area contributed by atoms with Gasteiger partial charge < -0.3 is 5.32 Å². The van der Waals surface area contributed by atoms with Gasteiger partial charge in [-0.05, 0) is 66.4 Å². The molecule has 1 aliphatic rings. The summed E-state index contributed by atoms with van der Waals surface area (Å²) in [5.74, 6) is -0.271. The molecule has 0 radical (unpaired) electrons. The van der Waals surface area contributed by atoms with Crippen molar-refractivity contribution in [2.75, 3.05) is 16.0 Å². The first-order valence-electron chi connectivity index (χ1n) is 10.2. The van der Waals surface area contributed by atoms with Gasteiger partial charge in [0.15, 0.2) is 0 Å². The van der Waals surface area contributed by atoms with Crippen LogP contribution in [-0.4, -0.2) is 17.6 Å². The van der Waals surface area contributed by atoms with Crippen molar-refractivity contribution in [2.24, 2.45) is 0 Å². The van der Waals surface area contributed by atoms with Crippen LogP contribution in [0, 0.1) is 12.7 Å². The second-order valence-corrected chi connectivity index (χ2v) is 8.56. The number of benzene rings is 3. The third kappa shape index (κ3) is 4.49. The predicted molar refractivity (Wildman–Crippen MR) is 124 cm³/mol. The highest BCUT2D eigenvalue weighted by atomic mass is 32.2. The highest BCUT2D eigenvalue weighted by Crippen LogP contribution is 2.42. The van der Waals surface area contributed by atoms with E-state index in [4.69, 9.17) is 0 Å². The van der Waals surface area contributed by atoms with E-state index in [9.17, 15) is 14.0 Å². The van der Waals surface area contributed by atoms with Gasteiger partial charge in [0.25, 0.3) is 5.91 Å². The molecule has 1 saturated heterocycles. The molecule has 1 atom stereocenters. The zero-order valence-electron chi connectivity index (χ0n) is 17.4. The van der Waals surface area contributed by atoms with Crippen LogP contribution < -0.4 is 10.2 Å². The monoisotopic (exact) mass is 434 g/mol. The molecule has 1 aliphatic heterocycles. The molecule has 4 rings (SSSR count). The van der Waals surface area contributed by atoms with Crippen LogP contribution in [0.15, 0.2) is 66.7 Å². The molecule has 0 aliphatic carbocycles. The lowest BCUT2D eigenvalue weighted by Crippen LogP contribution is -2.28. The Labute approximate surface area is 185 Å². The van der Waals surface area contributed by atoms with Gasteiger partial charge in [-0.25, -0.2) is 4.39 Å². The van der Waals surface area contributed by atoms with Crippen molar-refractivity contribution in [2.45, 2.75) is 25.6 Å². The van der Waals surface area contributed by atoms with Gasteiger partial charge in [0, 0.05) is 16.9 Å². The number of aryl methyl sites for hydroxylation is 2. The highest BCUT2D eigenvalue weighted by Gasteiger charge is 2.34. The molecule has 0 unspecified atom stereocenters. The molecule has 0 spiro atoms. The summed E-state index contributed by atoms with van der Waals surface area (Å²) >= 11 is 1.49. The van der Waals surface area contributed by atoms with Crippen molar-refractivity contribution in [1.82, 2.24) is 0 Å². The van der Waals surface area contributed by atoms with Crippen molar-refractivity contribution in [1.29, 1.82) is 0 Å². The van der Waals surface area contributed by atoms with E-state index in [0.29, 0.717) is 28.3 Å². The second kappa shape index (κ2) is 8.94. The summed E-state index contributed by atoms with van der Waals surface area (Å²) in [6, 6.07) is 19.8. The molecule has 1 N–H and O–H groups in total. The first-order chi connectivity index (χ1) is 15.0. The molecule has 4 nitrogen and oxygen atoms in total. The van der Waals surface area contributed by atoms with Gasteiger partial charge in [0.1, 0.15) is 11.2 Å². The molecule has 31 heavy (non-hydrogen) atoms. The predicted octanol–water partition coefficient (Wildman–Crippen LogP) is 5.73. The van der Waals surface area contributed by atoms with Crippen LogP contribution in [0.5, 0.6) is 0 Å². The van der Waals surface area contributed by atoms with E-state index in [1.807, 2.05) is 48.5 Å². The maximum absolute atomic E-state index is 14.1. The number of rotatable bonds is 5. The van der Waals surface area contributed by atoms with Crippen LogP contribution in [0.1, 0.15) is 39.3 Å². The molecule has 158 valence electrons. The number of carbonyl (C=O) groups excluding carboxylic acids is 2. The van der Waals surface area contributed by atoms with Crippen LogP contribution in [0.2, 0.25) is 0 Å². The SMILES string of the molecule is CCc1ccc(C(=O)Nc2cccc([C@@H]3SCC(=O)N3c3ccc(C)c(F)c3)c2)cc1. The van der Waals surface area contributed by atoms with Gasteiger partial charge in [-0.15, -0.1) is 11.8 Å². The Kier molecular flexibility index (Phi) is 6.09. The molecule has 3 aromatic rings. The lowest BCUT2D eigenvalue weighted by atomic mass is 10.1. The van der Waals surface area contributed by atoms with E-state index in [1.54, 1.807) is 24.0 Å². The molecule has 6 heteroatoms. The van der Waals surface area contributed by atoms with Crippen LogP contribution in [0.25, 0.3) is 0 Å². The summed E-state index contributed by atoms with van der Waals surface area (Å²) in [6.07, 6.45) is 0.920. The summed E-state index contributed by atoms with van der Waals surface area (Å²) in [5.41, 5.74) is 4.36. The van der Waals surface area contributed by atoms with Crippen LogP contribution >= 0.6 is 11.8 Å². The maximum Gasteiger partial charge on any atom is 0.255 e. The Morgan fingerprint density at radius 3 is 2.61 bits per heavy atom. The van der Waals surface area contributed by atoms with E-state index in [0.717, 1.165) is 12.0 Å². The number of nitrogens with one attached hydrogen (secondary N) is 1. The average Bonchev–Trinajstić information content (AvgIpc) is 3.17. The van der Waals surface area contributed by atoms with Crippen molar-refractivity contribution < 1.29 is 14.0 Å². The van der Waals surface area contributed by atoms with Gasteiger partial charge in [-0.2, -0.15) is 0 Å². The Bertz CT molecular complexity index is 1130. The van der Waals surface area contributed by atoms with E-state index in [1.165, 1.54) is 23.4 Å². The molecule has 1 fully saturated rings. The molecule has 3 aromatic carbocycles. The third-order valence-electron chi connectivity index (χ3n) is 5.36. The summed E-state index contributed by atoms with van der Waals surface area (Å²) in [4.78, 5) is 26.8. The fraction of sp³-hybridized carbons (Fsp3) is 0.200. The quantitative estimate of drug-likeness (QED) is 0.558. The van der Waals surface area contributed by atoms with Gasteiger partial charge >= 0.3 is 0 Å². The topological polar surface area (TPSA) is 49.4 Å². The van der Waals surface area contributed by atoms with Crippen LogP contribution in [0.4, 0.5) is 15.8 Å². The maximum atomic E-state index is 14.1. The number of nitrogens with zero attached hydrogens (tertiary/aromatic N) is 1. The largest absolute Gasteiger partial charge is 0.322 e. The summed E-state index contributed by atoms with van der Waals surface area (Å²) in [6.45, 7) is 3.76. The van der Waals surface area contributed by atoms with E-state index in [2.05, 4.69) is 12.2 Å². The summed E-state index contributed by atoms with van der Waals surface area (Å²) in [5, 5.41) is 2.65. The number of carbonyl (C=O) groups is 2. The Balaban J connectivity index is 1.57. The first kappa shape index (κ1) is 21.1. The van der Waals surface area contributed by atoms with E-state index < -0.39 is 0 Å². The van der Waals surface area contributed by atoms with Gasteiger partial charge in [0.2, 0.25) is 5.91 Å². The van der Waals surface area contributed by atoms with Crippen LogP contribution in [-0.2, 0) is 11.2 Å². The number of thioether (sulfide) groups is 1. The third-order valence-corrected chi connectivity index (χ3v) is 6.57. The smallest absolute Gasteiger partial charge is 0.255 e. The normalized spacial score (nSPS) is 15.9. The molecule has 0 saturated carbocycles. The first-order valence-corrected chi connectivity index (χ1v) is 11.2. The van der Waals surface area contributed by atoms with E-state index >= 15 is 0 Å². The molecular weight excluding hydrogens is 411 g/mol.